The highest BCUT2D eigenvalue weighted by molar-refractivity contribution is 5.89. The number of rotatable bonds is 3. The maximum atomic E-state index is 12.5. The normalized spacial score (nSPS) is 11.6. The second kappa shape index (κ2) is 4.99. The van der Waals surface area contributed by atoms with Crippen molar-refractivity contribution in [2.24, 2.45) is 0 Å². The summed E-state index contributed by atoms with van der Waals surface area (Å²) in [6.45, 7) is 1.75. The Morgan fingerprint density at radius 3 is 2.55 bits per heavy atom. The summed E-state index contributed by atoms with van der Waals surface area (Å²) in [6.07, 6.45) is -4.16. The van der Waals surface area contributed by atoms with E-state index >= 15 is 0 Å². The van der Waals surface area contributed by atoms with Crippen LogP contribution in [0.1, 0.15) is 21.6 Å². The molecule has 0 aliphatic heterocycles. The molecule has 0 radical (unpaired) electrons. The molecule has 0 spiro atoms. The first-order valence-corrected chi connectivity index (χ1v) is 5.72. The SMILES string of the molecule is Cc1ccn(-c2ccc(C(=O)O)c(CC(F)(F)F)c2)n1. The summed E-state index contributed by atoms with van der Waals surface area (Å²) in [5.41, 5.74) is 0.470. The van der Waals surface area contributed by atoms with E-state index in [0.717, 1.165) is 6.07 Å². The molecule has 20 heavy (non-hydrogen) atoms. The number of aromatic nitrogens is 2. The lowest BCUT2D eigenvalue weighted by Crippen LogP contribution is -2.15. The Labute approximate surface area is 112 Å². The Morgan fingerprint density at radius 2 is 2.05 bits per heavy atom. The Hall–Kier alpha value is -2.31. The molecule has 1 aromatic carbocycles. The Bertz CT molecular complexity index is 647. The maximum absolute atomic E-state index is 12.5. The average Bonchev–Trinajstić information content (AvgIpc) is 2.73. The first-order valence-electron chi connectivity index (χ1n) is 5.72. The highest BCUT2D eigenvalue weighted by atomic mass is 19.4. The van der Waals surface area contributed by atoms with E-state index in [0.29, 0.717) is 11.4 Å². The molecule has 0 fully saturated rings. The van der Waals surface area contributed by atoms with Gasteiger partial charge in [0.25, 0.3) is 0 Å². The van der Waals surface area contributed by atoms with E-state index in [1.165, 1.54) is 16.8 Å². The van der Waals surface area contributed by atoms with Gasteiger partial charge in [-0.1, -0.05) is 0 Å². The van der Waals surface area contributed by atoms with Crippen molar-refractivity contribution in [1.82, 2.24) is 9.78 Å². The van der Waals surface area contributed by atoms with Crippen LogP contribution in [0.5, 0.6) is 0 Å². The monoisotopic (exact) mass is 284 g/mol. The Kier molecular flexibility index (Phi) is 3.52. The number of halogens is 3. The van der Waals surface area contributed by atoms with Gasteiger partial charge in [0, 0.05) is 6.20 Å². The van der Waals surface area contributed by atoms with Crippen molar-refractivity contribution in [3.05, 3.63) is 47.3 Å². The highest BCUT2D eigenvalue weighted by Gasteiger charge is 2.30. The molecular formula is C13H11F3N2O2. The van der Waals surface area contributed by atoms with Gasteiger partial charge in [0.05, 0.1) is 23.4 Å². The molecule has 4 nitrogen and oxygen atoms in total. The number of aryl methyl sites for hydroxylation is 1. The van der Waals surface area contributed by atoms with Crippen molar-refractivity contribution in [2.75, 3.05) is 0 Å². The molecule has 0 saturated carbocycles. The average molecular weight is 284 g/mol. The maximum Gasteiger partial charge on any atom is 0.393 e. The van der Waals surface area contributed by atoms with Gasteiger partial charge in [-0.15, -0.1) is 0 Å². The fourth-order valence-electron chi connectivity index (χ4n) is 1.85. The number of benzene rings is 1. The van der Waals surface area contributed by atoms with Crippen LogP contribution in [0.2, 0.25) is 0 Å². The molecule has 7 heteroatoms. The first kappa shape index (κ1) is 14.1. The fraction of sp³-hybridized carbons (Fsp3) is 0.231. The topological polar surface area (TPSA) is 55.1 Å². The third kappa shape index (κ3) is 3.17. The molecule has 2 rings (SSSR count). The fourth-order valence-corrected chi connectivity index (χ4v) is 1.85. The number of nitrogens with zero attached hydrogens (tertiary/aromatic N) is 2. The zero-order chi connectivity index (χ0) is 14.9. The molecule has 0 aliphatic carbocycles. The number of hydrogen-bond acceptors (Lipinski definition) is 2. The van der Waals surface area contributed by atoms with Crippen LogP contribution < -0.4 is 0 Å². The molecule has 1 aromatic heterocycles. The zero-order valence-corrected chi connectivity index (χ0v) is 10.5. The minimum atomic E-state index is -4.47. The predicted octanol–water partition coefficient (Wildman–Crippen LogP) is 2.98. The molecule has 1 N–H and O–H groups in total. The van der Waals surface area contributed by atoms with Crippen LogP contribution in [0, 0.1) is 6.92 Å². The quantitative estimate of drug-likeness (QED) is 0.942. The van der Waals surface area contributed by atoms with Gasteiger partial charge in [0.1, 0.15) is 0 Å². The lowest BCUT2D eigenvalue weighted by molar-refractivity contribution is -0.127. The first-order chi connectivity index (χ1) is 9.26. The second-order valence-corrected chi connectivity index (χ2v) is 4.34. The van der Waals surface area contributed by atoms with Gasteiger partial charge >= 0.3 is 12.1 Å². The van der Waals surface area contributed by atoms with E-state index < -0.39 is 18.6 Å². The Balaban J connectivity index is 2.48. The molecule has 2 aromatic rings. The van der Waals surface area contributed by atoms with E-state index in [4.69, 9.17) is 5.11 Å². The van der Waals surface area contributed by atoms with Crippen LogP contribution in [0.25, 0.3) is 5.69 Å². The van der Waals surface area contributed by atoms with Gasteiger partial charge in [-0.25, -0.2) is 9.48 Å². The van der Waals surface area contributed by atoms with E-state index in [1.807, 2.05) is 0 Å². The summed E-state index contributed by atoms with van der Waals surface area (Å²) in [5.74, 6) is -1.38. The van der Waals surface area contributed by atoms with Crippen molar-refractivity contribution in [3.63, 3.8) is 0 Å². The summed E-state index contributed by atoms with van der Waals surface area (Å²) in [4.78, 5) is 11.0. The van der Waals surface area contributed by atoms with E-state index in [9.17, 15) is 18.0 Å². The minimum absolute atomic E-state index is 0.282. The lowest BCUT2D eigenvalue weighted by Gasteiger charge is -2.11. The van der Waals surface area contributed by atoms with Crippen LogP contribution in [0.15, 0.2) is 30.5 Å². The van der Waals surface area contributed by atoms with E-state index in [1.54, 1.807) is 19.2 Å². The molecule has 0 bridgehead atoms. The highest BCUT2D eigenvalue weighted by Crippen LogP contribution is 2.25. The summed E-state index contributed by atoms with van der Waals surface area (Å²) in [5, 5.41) is 13.0. The van der Waals surface area contributed by atoms with E-state index in [-0.39, 0.29) is 11.1 Å². The van der Waals surface area contributed by atoms with Gasteiger partial charge in [-0.05, 0) is 36.8 Å². The van der Waals surface area contributed by atoms with Crippen LogP contribution in [-0.4, -0.2) is 27.0 Å². The summed E-state index contributed by atoms with van der Waals surface area (Å²) in [6, 6.07) is 5.49. The number of carboxylic acid groups (broad SMARTS) is 1. The van der Waals surface area contributed by atoms with E-state index in [2.05, 4.69) is 5.10 Å². The molecule has 0 amide bonds. The molecule has 1 heterocycles. The van der Waals surface area contributed by atoms with Crippen LogP contribution in [-0.2, 0) is 6.42 Å². The van der Waals surface area contributed by atoms with Gasteiger partial charge < -0.3 is 5.11 Å². The number of carboxylic acids is 1. The zero-order valence-electron chi connectivity index (χ0n) is 10.5. The van der Waals surface area contributed by atoms with Crippen molar-refractivity contribution in [2.45, 2.75) is 19.5 Å². The van der Waals surface area contributed by atoms with Crippen LogP contribution >= 0.6 is 0 Å². The summed E-state index contributed by atoms with van der Waals surface area (Å²) < 4.78 is 38.9. The van der Waals surface area contributed by atoms with Gasteiger partial charge in [-0.3, -0.25) is 0 Å². The van der Waals surface area contributed by atoms with Gasteiger partial charge in [-0.2, -0.15) is 18.3 Å². The number of alkyl halides is 3. The molecule has 0 unspecified atom stereocenters. The molecule has 0 saturated heterocycles. The minimum Gasteiger partial charge on any atom is -0.478 e. The summed E-state index contributed by atoms with van der Waals surface area (Å²) >= 11 is 0. The van der Waals surface area contributed by atoms with Crippen molar-refractivity contribution in [3.8, 4) is 5.69 Å². The third-order valence-corrected chi connectivity index (χ3v) is 2.70. The molecule has 0 atom stereocenters. The predicted molar refractivity (Wildman–Crippen MR) is 65.0 cm³/mol. The molecule has 106 valence electrons. The second-order valence-electron chi connectivity index (χ2n) is 4.34. The van der Waals surface area contributed by atoms with Crippen molar-refractivity contribution >= 4 is 5.97 Å². The van der Waals surface area contributed by atoms with Gasteiger partial charge in [0.2, 0.25) is 0 Å². The lowest BCUT2D eigenvalue weighted by atomic mass is 10.0. The van der Waals surface area contributed by atoms with Crippen molar-refractivity contribution < 1.29 is 23.1 Å². The molecule has 0 aliphatic rings. The smallest absolute Gasteiger partial charge is 0.393 e. The van der Waals surface area contributed by atoms with Crippen LogP contribution in [0.4, 0.5) is 13.2 Å². The van der Waals surface area contributed by atoms with Crippen LogP contribution in [0.3, 0.4) is 0 Å². The molecular weight excluding hydrogens is 273 g/mol. The number of hydrogen-bond donors (Lipinski definition) is 1. The van der Waals surface area contributed by atoms with Crippen molar-refractivity contribution in [1.29, 1.82) is 0 Å². The summed E-state index contributed by atoms with van der Waals surface area (Å²) in [7, 11) is 0. The number of carbonyl (C=O) groups is 1. The Morgan fingerprint density at radius 1 is 1.35 bits per heavy atom. The largest absolute Gasteiger partial charge is 0.478 e. The number of aromatic carboxylic acids is 1. The van der Waals surface area contributed by atoms with Gasteiger partial charge in [0.15, 0.2) is 0 Å². The third-order valence-electron chi connectivity index (χ3n) is 2.70. The standard InChI is InChI=1S/C13H11F3N2O2/c1-8-4-5-18(17-8)10-2-3-11(12(19)20)9(6-10)7-13(14,15)16/h2-6H,7H2,1H3,(H,19,20).